The highest BCUT2D eigenvalue weighted by molar-refractivity contribution is 14.0. The molecule has 0 radical (unpaired) electrons. The van der Waals surface area contributed by atoms with Crippen molar-refractivity contribution < 1.29 is 0 Å². The minimum atomic E-state index is 0. The van der Waals surface area contributed by atoms with Gasteiger partial charge in [0.05, 0.1) is 11.0 Å². The maximum Gasteiger partial charge on any atom is 0.193 e. The molecule has 0 aliphatic carbocycles. The summed E-state index contributed by atoms with van der Waals surface area (Å²) in [7, 11) is 1.86. The molecular weight excluding hydrogens is 489 g/mol. The van der Waals surface area contributed by atoms with Gasteiger partial charge in [-0.25, -0.2) is 9.97 Å². The predicted molar refractivity (Wildman–Crippen MR) is 134 cm³/mol. The lowest BCUT2D eigenvalue weighted by atomic mass is 10.3. The lowest BCUT2D eigenvalue weighted by Crippen LogP contribution is -2.52. The highest BCUT2D eigenvalue weighted by Gasteiger charge is 2.20. The van der Waals surface area contributed by atoms with E-state index in [1.165, 1.54) is 5.52 Å². The SMILES string of the molecule is CN=C(NCCCn1c(C)nc2ccccc21)N1CCN(c2ccccn2)CC1.I. The summed E-state index contributed by atoms with van der Waals surface area (Å²) in [5, 5.41) is 3.53. The van der Waals surface area contributed by atoms with Gasteiger partial charge in [0.25, 0.3) is 0 Å². The molecule has 2 aromatic heterocycles. The quantitative estimate of drug-likeness (QED) is 0.243. The van der Waals surface area contributed by atoms with Gasteiger partial charge in [0.15, 0.2) is 5.96 Å². The lowest BCUT2D eigenvalue weighted by molar-refractivity contribution is 0.371. The number of pyridine rings is 1. The number of rotatable bonds is 5. The summed E-state index contributed by atoms with van der Waals surface area (Å²) >= 11 is 0. The second kappa shape index (κ2) is 10.6. The number of guanidine groups is 1. The van der Waals surface area contributed by atoms with E-state index in [2.05, 4.69) is 65.8 Å². The van der Waals surface area contributed by atoms with Gasteiger partial charge in [-0.1, -0.05) is 18.2 Å². The van der Waals surface area contributed by atoms with E-state index in [9.17, 15) is 0 Å². The summed E-state index contributed by atoms with van der Waals surface area (Å²) in [5.74, 6) is 3.11. The number of imidazole rings is 1. The lowest BCUT2D eigenvalue weighted by Gasteiger charge is -2.37. The molecule has 0 bridgehead atoms. The molecule has 0 spiro atoms. The van der Waals surface area contributed by atoms with E-state index in [1.807, 2.05) is 31.4 Å². The van der Waals surface area contributed by atoms with Crippen LogP contribution in [-0.2, 0) is 6.54 Å². The Bertz CT molecular complexity index is 962. The van der Waals surface area contributed by atoms with Crippen LogP contribution in [0, 0.1) is 6.92 Å². The monoisotopic (exact) mass is 519 g/mol. The van der Waals surface area contributed by atoms with Crippen molar-refractivity contribution in [1.29, 1.82) is 0 Å². The first-order valence-corrected chi connectivity index (χ1v) is 10.3. The highest BCUT2D eigenvalue weighted by Crippen LogP contribution is 2.16. The molecule has 3 heterocycles. The molecule has 0 unspecified atom stereocenters. The van der Waals surface area contributed by atoms with Crippen molar-refractivity contribution in [2.75, 3.05) is 44.7 Å². The highest BCUT2D eigenvalue weighted by atomic mass is 127. The number of fused-ring (bicyclic) bond motifs is 1. The van der Waals surface area contributed by atoms with Crippen molar-refractivity contribution in [1.82, 2.24) is 24.8 Å². The molecule has 1 aromatic carbocycles. The number of nitrogens with zero attached hydrogens (tertiary/aromatic N) is 6. The number of hydrogen-bond donors (Lipinski definition) is 1. The van der Waals surface area contributed by atoms with E-state index in [0.717, 1.165) is 68.8 Å². The van der Waals surface area contributed by atoms with Crippen molar-refractivity contribution in [3.8, 4) is 0 Å². The number of aryl methyl sites for hydroxylation is 2. The Morgan fingerprint density at radius 2 is 1.83 bits per heavy atom. The van der Waals surface area contributed by atoms with Gasteiger partial charge < -0.3 is 19.7 Å². The van der Waals surface area contributed by atoms with Crippen LogP contribution in [0.2, 0.25) is 0 Å². The summed E-state index contributed by atoms with van der Waals surface area (Å²) < 4.78 is 2.30. The molecule has 4 rings (SSSR count). The molecule has 3 aromatic rings. The Balaban J connectivity index is 0.00000256. The zero-order valence-electron chi connectivity index (χ0n) is 17.7. The van der Waals surface area contributed by atoms with E-state index in [1.54, 1.807) is 0 Å². The van der Waals surface area contributed by atoms with E-state index < -0.39 is 0 Å². The zero-order valence-corrected chi connectivity index (χ0v) is 20.0. The van der Waals surface area contributed by atoms with E-state index in [0.29, 0.717) is 0 Å². The Morgan fingerprint density at radius 3 is 2.57 bits per heavy atom. The normalized spacial score (nSPS) is 14.7. The Morgan fingerprint density at radius 1 is 1.07 bits per heavy atom. The fourth-order valence-corrected chi connectivity index (χ4v) is 3.94. The van der Waals surface area contributed by atoms with Crippen LogP contribution in [0.25, 0.3) is 11.0 Å². The van der Waals surface area contributed by atoms with Crippen LogP contribution in [-0.4, -0.2) is 65.2 Å². The maximum atomic E-state index is 4.65. The molecule has 1 fully saturated rings. The fraction of sp³-hybridized carbons (Fsp3) is 0.409. The van der Waals surface area contributed by atoms with Crippen LogP contribution in [0.5, 0.6) is 0 Å². The largest absolute Gasteiger partial charge is 0.356 e. The van der Waals surface area contributed by atoms with E-state index >= 15 is 0 Å². The third-order valence-electron chi connectivity index (χ3n) is 5.45. The van der Waals surface area contributed by atoms with Gasteiger partial charge >= 0.3 is 0 Å². The average Bonchev–Trinajstić information content (AvgIpc) is 3.10. The first kappa shape index (κ1) is 22.3. The van der Waals surface area contributed by atoms with Gasteiger partial charge in [-0.3, -0.25) is 4.99 Å². The van der Waals surface area contributed by atoms with Crippen molar-refractivity contribution in [2.24, 2.45) is 4.99 Å². The third kappa shape index (κ3) is 5.03. The number of nitrogens with one attached hydrogen (secondary N) is 1. The first-order chi connectivity index (χ1) is 14.3. The van der Waals surface area contributed by atoms with Gasteiger partial charge in [-0.15, -0.1) is 24.0 Å². The molecular formula is C22H30IN7. The van der Waals surface area contributed by atoms with E-state index in [4.69, 9.17) is 0 Å². The Labute approximate surface area is 195 Å². The van der Waals surface area contributed by atoms with Crippen LogP contribution >= 0.6 is 24.0 Å². The second-order valence-electron chi connectivity index (χ2n) is 7.29. The molecule has 0 saturated carbocycles. The number of aromatic nitrogens is 3. The van der Waals surface area contributed by atoms with Gasteiger partial charge in [-0.2, -0.15) is 0 Å². The van der Waals surface area contributed by atoms with Gasteiger partial charge in [0.2, 0.25) is 0 Å². The van der Waals surface area contributed by atoms with Crippen molar-refractivity contribution in [3.05, 3.63) is 54.5 Å². The smallest absolute Gasteiger partial charge is 0.193 e. The molecule has 1 saturated heterocycles. The Kier molecular flexibility index (Phi) is 7.89. The number of piperazine rings is 1. The van der Waals surface area contributed by atoms with Crippen molar-refractivity contribution in [2.45, 2.75) is 19.9 Å². The first-order valence-electron chi connectivity index (χ1n) is 10.3. The standard InChI is InChI=1S/C22H29N7.HI/c1-18-26-19-8-3-4-9-20(19)29(18)13-7-12-25-22(23-2)28-16-14-27(15-17-28)21-10-5-6-11-24-21;/h3-6,8-11H,7,12-17H2,1-2H3,(H,23,25);1H. The molecule has 0 amide bonds. The third-order valence-corrected chi connectivity index (χ3v) is 5.45. The van der Waals surface area contributed by atoms with Crippen LogP contribution in [0.4, 0.5) is 5.82 Å². The molecule has 1 aliphatic heterocycles. The molecule has 0 atom stereocenters. The molecule has 1 aliphatic rings. The van der Waals surface area contributed by atoms with E-state index in [-0.39, 0.29) is 24.0 Å². The molecule has 30 heavy (non-hydrogen) atoms. The number of benzene rings is 1. The minimum absolute atomic E-state index is 0. The maximum absolute atomic E-state index is 4.65. The van der Waals surface area contributed by atoms with Crippen LogP contribution in [0.15, 0.2) is 53.7 Å². The zero-order chi connectivity index (χ0) is 20.1. The second-order valence-corrected chi connectivity index (χ2v) is 7.29. The number of hydrogen-bond acceptors (Lipinski definition) is 4. The van der Waals surface area contributed by atoms with Crippen LogP contribution < -0.4 is 10.2 Å². The van der Waals surface area contributed by atoms with Crippen LogP contribution in [0.3, 0.4) is 0 Å². The average molecular weight is 519 g/mol. The van der Waals surface area contributed by atoms with Crippen LogP contribution in [0.1, 0.15) is 12.2 Å². The fourth-order valence-electron chi connectivity index (χ4n) is 3.94. The summed E-state index contributed by atoms with van der Waals surface area (Å²) in [5.41, 5.74) is 2.28. The summed E-state index contributed by atoms with van der Waals surface area (Å²) in [6.45, 7) is 7.72. The molecule has 160 valence electrons. The summed E-state index contributed by atoms with van der Waals surface area (Å²) in [4.78, 5) is 18.3. The number of aliphatic imine (C=N–C) groups is 1. The molecule has 1 N–H and O–H groups in total. The van der Waals surface area contributed by atoms with Gasteiger partial charge in [-0.05, 0) is 37.6 Å². The minimum Gasteiger partial charge on any atom is -0.356 e. The van der Waals surface area contributed by atoms with Gasteiger partial charge in [0, 0.05) is 52.5 Å². The van der Waals surface area contributed by atoms with Gasteiger partial charge in [0.1, 0.15) is 11.6 Å². The number of anilines is 1. The number of para-hydroxylation sites is 2. The topological polar surface area (TPSA) is 61.6 Å². The van der Waals surface area contributed by atoms with Crippen molar-refractivity contribution >= 4 is 46.8 Å². The summed E-state index contributed by atoms with van der Waals surface area (Å²) in [6.07, 6.45) is 2.88. The molecule has 7 nitrogen and oxygen atoms in total. The Hall–Kier alpha value is -2.36. The number of halogens is 1. The molecule has 8 heteroatoms. The summed E-state index contributed by atoms with van der Waals surface area (Å²) in [6, 6.07) is 14.4. The van der Waals surface area contributed by atoms with Crippen molar-refractivity contribution in [3.63, 3.8) is 0 Å². The predicted octanol–water partition coefficient (Wildman–Crippen LogP) is 3.15.